The summed E-state index contributed by atoms with van der Waals surface area (Å²) in [5.74, 6) is -0.135. The predicted octanol–water partition coefficient (Wildman–Crippen LogP) is 2.78. The normalized spacial score (nSPS) is 19.2. The molecule has 0 aromatic heterocycles. The van der Waals surface area contributed by atoms with Crippen molar-refractivity contribution in [1.29, 1.82) is 0 Å². The molecule has 0 aromatic carbocycles. The number of ether oxygens (including phenoxy) is 1. The molecule has 0 saturated heterocycles. The van der Waals surface area contributed by atoms with Crippen LogP contribution in [0, 0.1) is 0 Å². The van der Waals surface area contributed by atoms with E-state index in [0.29, 0.717) is 6.42 Å². The highest BCUT2D eigenvalue weighted by Gasteiger charge is 2.37. The van der Waals surface area contributed by atoms with Gasteiger partial charge in [0.25, 0.3) is 0 Å². The average Bonchev–Trinajstić information content (AvgIpc) is 2.60. The number of nitrogens with one attached hydrogen (secondary N) is 1. The Bertz CT molecular complexity index is 422. The van der Waals surface area contributed by atoms with Crippen LogP contribution < -0.4 is 5.32 Å². The maximum absolute atomic E-state index is 11.8. The van der Waals surface area contributed by atoms with Crippen LogP contribution in [0.15, 0.2) is 0 Å². The molecule has 0 aromatic rings. The molecule has 112 valence electrons. The van der Waals surface area contributed by atoms with Gasteiger partial charge in [-0.05, 0) is 40.0 Å². The molecule has 1 aliphatic carbocycles. The predicted molar refractivity (Wildman–Crippen MR) is 74.8 cm³/mol. The van der Waals surface area contributed by atoms with Crippen molar-refractivity contribution in [2.75, 3.05) is 5.75 Å². The average molecular weight is 312 g/mol. The van der Waals surface area contributed by atoms with E-state index in [1.807, 2.05) is 0 Å². The van der Waals surface area contributed by atoms with Crippen LogP contribution in [-0.2, 0) is 13.8 Å². The highest BCUT2D eigenvalue weighted by atomic mass is 35.7. The Hall–Kier alpha value is -0.490. The van der Waals surface area contributed by atoms with Gasteiger partial charge in [-0.1, -0.05) is 12.8 Å². The highest BCUT2D eigenvalue weighted by molar-refractivity contribution is 8.13. The van der Waals surface area contributed by atoms with Crippen LogP contribution in [-0.4, -0.2) is 31.4 Å². The molecule has 19 heavy (non-hydrogen) atoms. The van der Waals surface area contributed by atoms with Crippen LogP contribution in [0.4, 0.5) is 4.79 Å². The molecule has 7 heteroatoms. The van der Waals surface area contributed by atoms with Gasteiger partial charge in [0.1, 0.15) is 5.60 Å². The van der Waals surface area contributed by atoms with Gasteiger partial charge in [-0.15, -0.1) is 0 Å². The lowest BCUT2D eigenvalue weighted by molar-refractivity contribution is 0.0454. The summed E-state index contributed by atoms with van der Waals surface area (Å²) in [6.07, 6.45) is 3.30. The molecule has 1 rings (SSSR count). The minimum Gasteiger partial charge on any atom is -0.444 e. The van der Waals surface area contributed by atoms with Gasteiger partial charge in [-0.2, -0.15) is 0 Å². The number of rotatable bonds is 4. The summed E-state index contributed by atoms with van der Waals surface area (Å²) < 4.78 is 27.4. The van der Waals surface area contributed by atoms with Gasteiger partial charge in [0, 0.05) is 16.2 Å². The molecule has 5 nitrogen and oxygen atoms in total. The maximum atomic E-state index is 11.8. The number of carbonyl (C=O) groups is 1. The largest absolute Gasteiger partial charge is 0.444 e. The van der Waals surface area contributed by atoms with Gasteiger partial charge in [0.05, 0.1) is 5.75 Å². The summed E-state index contributed by atoms with van der Waals surface area (Å²) >= 11 is 0. The quantitative estimate of drug-likeness (QED) is 0.810. The third-order valence-electron chi connectivity index (χ3n) is 3.15. The van der Waals surface area contributed by atoms with Crippen LogP contribution in [0.25, 0.3) is 0 Å². The molecule has 0 aliphatic heterocycles. The van der Waals surface area contributed by atoms with E-state index < -0.39 is 26.3 Å². The molecule has 1 aliphatic rings. The van der Waals surface area contributed by atoms with Crippen molar-refractivity contribution in [3.05, 3.63) is 0 Å². The molecule has 0 atom stereocenters. The second-order valence-corrected chi connectivity index (χ2v) is 9.00. The van der Waals surface area contributed by atoms with Crippen molar-refractivity contribution in [2.45, 2.75) is 64.0 Å². The van der Waals surface area contributed by atoms with E-state index in [-0.39, 0.29) is 5.75 Å². The third kappa shape index (κ3) is 6.47. The minimum absolute atomic E-state index is 0.135. The number of hydrogen-bond donors (Lipinski definition) is 1. The molecule has 0 heterocycles. The van der Waals surface area contributed by atoms with Gasteiger partial charge in [-0.25, -0.2) is 13.2 Å². The standard InChI is InChI=1S/C12H22ClNO4S/c1-11(2,3)18-10(15)14-12(6-4-5-7-12)8-9-19(13,16)17/h4-9H2,1-3H3,(H,14,15). The Morgan fingerprint density at radius 3 is 2.26 bits per heavy atom. The van der Waals surface area contributed by atoms with Crippen molar-refractivity contribution in [3.8, 4) is 0 Å². The Labute approximate surface area is 119 Å². The van der Waals surface area contributed by atoms with Gasteiger partial charge in [0.15, 0.2) is 0 Å². The number of carbonyl (C=O) groups excluding carboxylic acids is 1. The highest BCUT2D eigenvalue weighted by Crippen LogP contribution is 2.33. The van der Waals surface area contributed by atoms with E-state index in [1.165, 1.54) is 0 Å². The zero-order valence-corrected chi connectivity index (χ0v) is 13.2. The van der Waals surface area contributed by atoms with Crippen molar-refractivity contribution in [3.63, 3.8) is 0 Å². The molecule has 1 N–H and O–H groups in total. The Morgan fingerprint density at radius 2 is 1.84 bits per heavy atom. The first-order valence-electron chi connectivity index (χ1n) is 6.45. The summed E-state index contributed by atoms with van der Waals surface area (Å²) in [5, 5.41) is 2.84. The van der Waals surface area contributed by atoms with E-state index >= 15 is 0 Å². The second-order valence-electron chi connectivity index (χ2n) is 6.11. The van der Waals surface area contributed by atoms with E-state index in [9.17, 15) is 13.2 Å². The van der Waals surface area contributed by atoms with Gasteiger partial charge < -0.3 is 10.1 Å². The van der Waals surface area contributed by atoms with Crippen molar-refractivity contribution < 1.29 is 17.9 Å². The summed E-state index contributed by atoms with van der Waals surface area (Å²) in [7, 11) is 1.70. The fraction of sp³-hybridized carbons (Fsp3) is 0.917. The Morgan fingerprint density at radius 1 is 1.32 bits per heavy atom. The number of alkyl carbamates (subject to hydrolysis) is 1. The maximum Gasteiger partial charge on any atom is 0.408 e. The second kappa shape index (κ2) is 5.87. The monoisotopic (exact) mass is 311 g/mol. The van der Waals surface area contributed by atoms with Crippen LogP contribution in [0.3, 0.4) is 0 Å². The number of hydrogen-bond acceptors (Lipinski definition) is 4. The lowest BCUT2D eigenvalue weighted by Crippen LogP contribution is -2.49. The minimum atomic E-state index is -3.54. The van der Waals surface area contributed by atoms with E-state index in [0.717, 1.165) is 25.7 Å². The first kappa shape index (κ1) is 16.6. The fourth-order valence-corrected chi connectivity index (χ4v) is 3.19. The molecule has 0 unspecified atom stereocenters. The molecule has 1 saturated carbocycles. The van der Waals surface area contributed by atoms with Crippen LogP contribution in [0.1, 0.15) is 52.9 Å². The lowest BCUT2D eigenvalue weighted by Gasteiger charge is -2.31. The molecule has 1 amide bonds. The smallest absolute Gasteiger partial charge is 0.408 e. The molecule has 0 bridgehead atoms. The lowest BCUT2D eigenvalue weighted by atomic mass is 9.94. The SMILES string of the molecule is CC(C)(C)OC(=O)NC1(CCS(=O)(=O)Cl)CCCC1. The van der Waals surface area contributed by atoms with Gasteiger partial charge in [0.2, 0.25) is 9.05 Å². The van der Waals surface area contributed by atoms with Crippen LogP contribution >= 0.6 is 10.7 Å². The van der Waals surface area contributed by atoms with E-state index in [1.54, 1.807) is 20.8 Å². The fourth-order valence-electron chi connectivity index (χ4n) is 2.33. The van der Waals surface area contributed by atoms with Gasteiger partial charge in [-0.3, -0.25) is 0 Å². The topological polar surface area (TPSA) is 72.5 Å². The molecule has 0 spiro atoms. The van der Waals surface area contributed by atoms with Crippen molar-refractivity contribution in [2.24, 2.45) is 0 Å². The molecule has 1 fully saturated rings. The van der Waals surface area contributed by atoms with Crippen LogP contribution in [0.2, 0.25) is 0 Å². The summed E-state index contributed by atoms with van der Waals surface area (Å²) in [4.78, 5) is 11.8. The van der Waals surface area contributed by atoms with Gasteiger partial charge >= 0.3 is 6.09 Å². The molecular formula is C12H22ClNO4S. The Balaban J connectivity index is 2.64. The summed E-state index contributed by atoms with van der Waals surface area (Å²) in [6, 6.07) is 0. The van der Waals surface area contributed by atoms with Crippen LogP contribution in [0.5, 0.6) is 0 Å². The number of amides is 1. The first-order chi connectivity index (χ1) is 8.52. The number of halogens is 1. The molecular weight excluding hydrogens is 290 g/mol. The van der Waals surface area contributed by atoms with Crippen molar-refractivity contribution >= 4 is 25.8 Å². The Kier molecular flexibility index (Phi) is 5.12. The van der Waals surface area contributed by atoms with E-state index in [4.69, 9.17) is 15.4 Å². The summed E-state index contributed by atoms with van der Waals surface area (Å²) in [6.45, 7) is 5.37. The van der Waals surface area contributed by atoms with Crippen molar-refractivity contribution in [1.82, 2.24) is 5.32 Å². The molecule has 0 radical (unpaired) electrons. The first-order valence-corrected chi connectivity index (χ1v) is 8.93. The van der Waals surface area contributed by atoms with E-state index in [2.05, 4.69) is 5.32 Å². The zero-order chi connectivity index (χ0) is 14.7. The zero-order valence-electron chi connectivity index (χ0n) is 11.7. The third-order valence-corrected chi connectivity index (χ3v) is 4.31. The summed E-state index contributed by atoms with van der Waals surface area (Å²) in [5.41, 5.74) is -1.06.